The van der Waals surface area contributed by atoms with Crippen LogP contribution in [0.5, 0.6) is 5.75 Å². The minimum atomic E-state index is -1.10. The minimum absolute atomic E-state index is 0.0414. The first-order valence-electron chi connectivity index (χ1n) is 6.39. The number of carbonyl (C=O) groups is 2. The summed E-state index contributed by atoms with van der Waals surface area (Å²) in [6, 6.07) is 2.55. The second-order valence-electron chi connectivity index (χ2n) is 4.95. The summed E-state index contributed by atoms with van der Waals surface area (Å²) in [5.41, 5.74) is 0. The van der Waals surface area contributed by atoms with Crippen LogP contribution in [0.25, 0.3) is 0 Å². The lowest BCUT2D eigenvalue weighted by atomic mass is 10.0. The molecule has 7 heteroatoms. The third-order valence-electron chi connectivity index (χ3n) is 2.59. The van der Waals surface area contributed by atoms with E-state index in [0.717, 1.165) is 12.1 Å². The molecule has 1 aromatic carbocycles. The maximum atomic E-state index is 12.8. The molecule has 0 aliphatic heterocycles. The number of hydrogen-bond acceptors (Lipinski definition) is 3. The highest BCUT2D eigenvalue weighted by Gasteiger charge is 2.21. The van der Waals surface area contributed by atoms with Crippen molar-refractivity contribution >= 4 is 23.5 Å². The predicted molar refractivity (Wildman–Crippen MR) is 75.9 cm³/mol. The van der Waals surface area contributed by atoms with E-state index < -0.39 is 30.3 Å². The van der Waals surface area contributed by atoms with Crippen molar-refractivity contribution in [1.29, 1.82) is 0 Å². The Bertz CT molecular complexity index is 522. The van der Waals surface area contributed by atoms with Crippen molar-refractivity contribution in [3.63, 3.8) is 0 Å². The second kappa shape index (κ2) is 7.83. The van der Waals surface area contributed by atoms with Gasteiger partial charge in [0.15, 0.2) is 6.61 Å². The summed E-state index contributed by atoms with van der Waals surface area (Å²) in [5.74, 6) is -1.91. The number of carbonyl (C=O) groups excluding carboxylic acids is 1. The summed E-state index contributed by atoms with van der Waals surface area (Å²) in [6.45, 7) is 3.32. The average molecular weight is 318 g/mol. The Hall–Kier alpha value is -1.82. The van der Waals surface area contributed by atoms with Gasteiger partial charge in [-0.1, -0.05) is 25.4 Å². The van der Waals surface area contributed by atoms with Gasteiger partial charge in [-0.25, -0.2) is 9.18 Å². The number of aliphatic carboxylic acids is 1. The Morgan fingerprint density at radius 2 is 2.10 bits per heavy atom. The van der Waals surface area contributed by atoms with Crippen molar-refractivity contribution in [3.05, 3.63) is 29.0 Å². The van der Waals surface area contributed by atoms with Gasteiger partial charge in [-0.05, 0) is 30.5 Å². The zero-order valence-corrected chi connectivity index (χ0v) is 12.5. The molecule has 0 radical (unpaired) electrons. The lowest BCUT2D eigenvalue weighted by molar-refractivity contribution is -0.142. The third kappa shape index (κ3) is 5.99. The van der Waals surface area contributed by atoms with Gasteiger partial charge in [0.2, 0.25) is 0 Å². The van der Waals surface area contributed by atoms with Crippen molar-refractivity contribution in [1.82, 2.24) is 5.32 Å². The van der Waals surface area contributed by atoms with Gasteiger partial charge < -0.3 is 15.2 Å². The van der Waals surface area contributed by atoms with Crippen molar-refractivity contribution in [2.24, 2.45) is 5.92 Å². The van der Waals surface area contributed by atoms with Crippen LogP contribution >= 0.6 is 11.6 Å². The normalized spacial score (nSPS) is 12.0. The van der Waals surface area contributed by atoms with Crippen LogP contribution in [0.4, 0.5) is 4.39 Å². The van der Waals surface area contributed by atoms with E-state index in [0.29, 0.717) is 6.42 Å². The van der Waals surface area contributed by atoms with E-state index in [9.17, 15) is 14.0 Å². The summed E-state index contributed by atoms with van der Waals surface area (Å²) in [5, 5.41) is 11.4. The van der Waals surface area contributed by atoms with E-state index >= 15 is 0 Å². The lowest BCUT2D eigenvalue weighted by Crippen LogP contribution is -2.43. The first-order valence-corrected chi connectivity index (χ1v) is 6.77. The van der Waals surface area contributed by atoms with Gasteiger partial charge in [0.1, 0.15) is 17.6 Å². The fourth-order valence-electron chi connectivity index (χ4n) is 1.66. The van der Waals surface area contributed by atoms with Crippen LogP contribution in [0.15, 0.2) is 18.2 Å². The van der Waals surface area contributed by atoms with Crippen molar-refractivity contribution in [3.8, 4) is 5.75 Å². The quantitative estimate of drug-likeness (QED) is 0.810. The first kappa shape index (κ1) is 17.2. The van der Waals surface area contributed by atoms with E-state index in [2.05, 4.69) is 5.32 Å². The Labute approximate surface area is 127 Å². The van der Waals surface area contributed by atoms with Crippen molar-refractivity contribution in [2.45, 2.75) is 26.3 Å². The molecule has 0 heterocycles. The fraction of sp³-hybridized carbons (Fsp3) is 0.429. The van der Waals surface area contributed by atoms with Crippen molar-refractivity contribution in [2.75, 3.05) is 6.61 Å². The molecular weight excluding hydrogens is 301 g/mol. The summed E-state index contributed by atoms with van der Waals surface area (Å²) < 4.78 is 18.0. The zero-order chi connectivity index (χ0) is 16.0. The number of amides is 1. The topological polar surface area (TPSA) is 75.6 Å². The van der Waals surface area contributed by atoms with Gasteiger partial charge >= 0.3 is 5.97 Å². The smallest absolute Gasteiger partial charge is 0.326 e. The summed E-state index contributed by atoms with van der Waals surface area (Å²) >= 11 is 5.75. The van der Waals surface area contributed by atoms with E-state index in [-0.39, 0.29) is 16.7 Å². The molecule has 1 unspecified atom stereocenters. The van der Waals surface area contributed by atoms with Gasteiger partial charge in [0.05, 0.1) is 5.02 Å². The van der Waals surface area contributed by atoms with Crippen LogP contribution in [-0.2, 0) is 9.59 Å². The maximum Gasteiger partial charge on any atom is 0.326 e. The minimum Gasteiger partial charge on any atom is -0.482 e. The van der Waals surface area contributed by atoms with E-state index in [4.69, 9.17) is 21.4 Å². The predicted octanol–water partition coefficient (Wildman–Crippen LogP) is 2.47. The van der Waals surface area contributed by atoms with Crippen LogP contribution < -0.4 is 10.1 Å². The second-order valence-corrected chi connectivity index (χ2v) is 5.36. The number of carboxylic acids is 1. The molecule has 0 fully saturated rings. The Morgan fingerprint density at radius 1 is 1.43 bits per heavy atom. The number of carboxylic acid groups (broad SMARTS) is 1. The lowest BCUT2D eigenvalue weighted by Gasteiger charge is -2.16. The van der Waals surface area contributed by atoms with Crippen molar-refractivity contribution < 1.29 is 23.8 Å². The number of ether oxygens (including phenoxy) is 1. The van der Waals surface area contributed by atoms with E-state index in [1.807, 2.05) is 13.8 Å². The molecule has 1 rings (SSSR count). The zero-order valence-electron chi connectivity index (χ0n) is 11.7. The van der Waals surface area contributed by atoms with Crippen LogP contribution in [0, 0.1) is 11.7 Å². The van der Waals surface area contributed by atoms with Gasteiger partial charge in [-0.3, -0.25) is 4.79 Å². The molecule has 0 saturated carbocycles. The molecule has 1 atom stereocenters. The summed E-state index contributed by atoms with van der Waals surface area (Å²) in [7, 11) is 0. The third-order valence-corrected chi connectivity index (χ3v) is 2.89. The Morgan fingerprint density at radius 3 is 2.62 bits per heavy atom. The molecule has 1 aromatic rings. The SMILES string of the molecule is CC(C)CC(NC(=O)COc1ccc(F)cc1Cl)C(=O)O. The highest BCUT2D eigenvalue weighted by Crippen LogP contribution is 2.24. The molecule has 5 nitrogen and oxygen atoms in total. The Kier molecular flexibility index (Phi) is 6.42. The largest absolute Gasteiger partial charge is 0.482 e. The number of halogens is 2. The van der Waals surface area contributed by atoms with E-state index in [1.54, 1.807) is 0 Å². The number of rotatable bonds is 7. The Balaban J connectivity index is 2.54. The van der Waals surface area contributed by atoms with Gasteiger partial charge in [0.25, 0.3) is 5.91 Å². The molecule has 0 aromatic heterocycles. The molecule has 0 aliphatic rings. The molecule has 21 heavy (non-hydrogen) atoms. The van der Waals surface area contributed by atoms with Crippen LogP contribution in [0.3, 0.4) is 0 Å². The average Bonchev–Trinajstić information content (AvgIpc) is 2.36. The number of nitrogens with one attached hydrogen (secondary N) is 1. The van der Waals surface area contributed by atoms with Crippen LogP contribution in [-0.4, -0.2) is 29.6 Å². The molecule has 1 amide bonds. The van der Waals surface area contributed by atoms with Crippen LogP contribution in [0.1, 0.15) is 20.3 Å². The first-order chi connectivity index (χ1) is 9.79. The number of hydrogen-bond donors (Lipinski definition) is 2. The molecular formula is C14H17ClFNO4. The monoisotopic (exact) mass is 317 g/mol. The van der Waals surface area contributed by atoms with Crippen LogP contribution in [0.2, 0.25) is 5.02 Å². The van der Waals surface area contributed by atoms with Gasteiger partial charge in [-0.15, -0.1) is 0 Å². The standard InChI is InChI=1S/C14H17ClFNO4/c1-8(2)5-11(14(19)20)17-13(18)7-21-12-4-3-9(16)6-10(12)15/h3-4,6,8,11H,5,7H2,1-2H3,(H,17,18)(H,19,20). The number of benzene rings is 1. The van der Waals surface area contributed by atoms with Gasteiger partial charge in [-0.2, -0.15) is 0 Å². The molecule has 0 bridgehead atoms. The highest BCUT2D eigenvalue weighted by atomic mass is 35.5. The molecule has 0 aliphatic carbocycles. The maximum absolute atomic E-state index is 12.8. The highest BCUT2D eigenvalue weighted by molar-refractivity contribution is 6.32. The van der Waals surface area contributed by atoms with E-state index in [1.165, 1.54) is 6.07 Å². The fourth-order valence-corrected chi connectivity index (χ4v) is 1.89. The molecule has 0 spiro atoms. The summed E-state index contributed by atoms with van der Waals surface area (Å²) in [4.78, 5) is 22.7. The molecule has 0 saturated heterocycles. The molecule has 2 N–H and O–H groups in total. The molecule has 116 valence electrons. The summed E-state index contributed by atoms with van der Waals surface area (Å²) in [6.07, 6.45) is 0.318. The van der Waals surface area contributed by atoms with Gasteiger partial charge in [0, 0.05) is 0 Å².